The van der Waals surface area contributed by atoms with Gasteiger partial charge in [-0.3, -0.25) is 4.99 Å². The second-order valence-electron chi connectivity index (χ2n) is 4.85. The highest BCUT2D eigenvalue weighted by Gasteiger charge is 2.13. The highest BCUT2D eigenvalue weighted by atomic mass is 32.2. The molecule has 0 unspecified atom stereocenters. The smallest absolute Gasteiger partial charge is 0.188 e. The SMILES string of the molecule is CC(C)CN=C(N)NCCc1cn2c(n1)SCC2. The second kappa shape index (κ2) is 6.13. The predicted molar refractivity (Wildman–Crippen MR) is 76.0 cm³/mol. The number of thioether (sulfide) groups is 1. The van der Waals surface area contributed by atoms with Crippen LogP contribution in [0.1, 0.15) is 19.5 Å². The summed E-state index contributed by atoms with van der Waals surface area (Å²) in [6, 6.07) is 0. The van der Waals surface area contributed by atoms with E-state index in [4.69, 9.17) is 5.73 Å². The van der Waals surface area contributed by atoms with Gasteiger partial charge in [-0.05, 0) is 5.92 Å². The van der Waals surface area contributed by atoms with E-state index in [0.717, 1.165) is 42.7 Å². The summed E-state index contributed by atoms with van der Waals surface area (Å²) in [5, 5.41) is 4.27. The van der Waals surface area contributed by atoms with Crippen molar-refractivity contribution in [2.45, 2.75) is 32.0 Å². The number of hydrogen-bond donors (Lipinski definition) is 2. The molecule has 0 atom stereocenters. The molecule has 1 aromatic heterocycles. The molecule has 0 saturated heterocycles. The van der Waals surface area contributed by atoms with Crippen molar-refractivity contribution >= 4 is 17.7 Å². The van der Waals surface area contributed by atoms with E-state index in [1.807, 2.05) is 11.8 Å². The van der Waals surface area contributed by atoms with Gasteiger partial charge in [0.2, 0.25) is 0 Å². The van der Waals surface area contributed by atoms with Crippen LogP contribution in [0.15, 0.2) is 16.3 Å². The number of rotatable bonds is 5. The van der Waals surface area contributed by atoms with Gasteiger partial charge in [-0.15, -0.1) is 0 Å². The van der Waals surface area contributed by atoms with Crippen LogP contribution in [0.2, 0.25) is 0 Å². The molecule has 0 amide bonds. The Morgan fingerprint density at radius 1 is 1.67 bits per heavy atom. The van der Waals surface area contributed by atoms with Crippen LogP contribution in [0.4, 0.5) is 0 Å². The molecule has 0 aliphatic carbocycles. The number of hydrogen-bond acceptors (Lipinski definition) is 3. The van der Waals surface area contributed by atoms with Gasteiger partial charge in [0.25, 0.3) is 0 Å². The molecule has 100 valence electrons. The van der Waals surface area contributed by atoms with Crippen LogP contribution in [0.25, 0.3) is 0 Å². The van der Waals surface area contributed by atoms with Crippen molar-refractivity contribution in [3.8, 4) is 0 Å². The van der Waals surface area contributed by atoms with Crippen LogP contribution in [-0.2, 0) is 13.0 Å². The van der Waals surface area contributed by atoms with Gasteiger partial charge in [-0.1, -0.05) is 25.6 Å². The van der Waals surface area contributed by atoms with Crippen LogP contribution >= 0.6 is 11.8 Å². The van der Waals surface area contributed by atoms with Crippen LogP contribution < -0.4 is 11.1 Å². The van der Waals surface area contributed by atoms with Crippen molar-refractivity contribution in [3.05, 3.63) is 11.9 Å². The van der Waals surface area contributed by atoms with Crippen molar-refractivity contribution in [1.82, 2.24) is 14.9 Å². The third-order valence-corrected chi connectivity index (χ3v) is 3.64. The molecule has 1 aliphatic heterocycles. The maximum absolute atomic E-state index is 5.77. The van der Waals surface area contributed by atoms with Gasteiger partial charge in [0.05, 0.1) is 5.69 Å². The summed E-state index contributed by atoms with van der Waals surface area (Å²) < 4.78 is 2.22. The Labute approximate surface area is 112 Å². The number of guanidine groups is 1. The summed E-state index contributed by atoms with van der Waals surface area (Å²) in [7, 11) is 0. The quantitative estimate of drug-likeness (QED) is 0.619. The van der Waals surface area contributed by atoms with E-state index in [0.29, 0.717) is 11.9 Å². The van der Waals surface area contributed by atoms with E-state index in [2.05, 4.69) is 39.9 Å². The Morgan fingerprint density at radius 3 is 3.22 bits per heavy atom. The molecule has 5 nitrogen and oxygen atoms in total. The zero-order chi connectivity index (χ0) is 13.0. The van der Waals surface area contributed by atoms with Crippen LogP contribution in [0, 0.1) is 5.92 Å². The zero-order valence-corrected chi connectivity index (χ0v) is 11.8. The van der Waals surface area contributed by atoms with Gasteiger partial charge in [-0.2, -0.15) is 0 Å². The van der Waals surface area contributed by atoms with E-state index < -0.39 is 0 Å². The van der Waals surface area contributed by atoms with Gasteiger partial charge in [0.1, 0.15) is 0 Å². The number of aliphatic imine (C=N–C) groups is 1. The number of aryl methyl sites for hydroxylation is 1. The van der Waals surface area contributed by atoms with Crippen LogP contribution in [0.5, 0.6) is 0 Å². The normalized spacial score (nSPS) is 15.2. The van der Waals surface area contributed by atoms with E-state index in [9.17, 15) is 0 Å². The molecule has 3 N–H and O–H groups in total. The van der Waals surface area contributed by atoms with Crippen molar-refractivity contribution < 1.29 is 0 Å². The van der Waals surface area contributed by atoms with E-state index in [1.165, 1.54) is 0 Å². The monoisotopic (exact) mass is 267 g/mol. The fourth-order valence-electron chi connectivity index (χ4n) is 1.74. The Hall–Kier alpha value is -1.17. The molecule has 0 aromatic carbocycles. The first-order chi connectivity index (χ1) is 8.65. The largest absolute Gasteiger partial charge is 0.370 e. The molecule has 1 aliphatic rings. The Balaban J connectivity index is 1.73. The fraction of sp³-hybridized carbons (Fsp3) is 0.667. The summed E-state index contributed by atoms with van der Waals surface area (Å²) in [5.74, 6) is 2.22. The standard InChI is InChI=1S/C12H21N5S/c1-9(2)7-15-11(13)14-4-3-10-8-17-5-6-18-12(17)16-10/h8-9H,3-7H2,1-2H3,(H3,13,14,15). The molecule has 0 saturated carbocycles. The van der Waals surface area contributed by atoms with Crippen molar-refractivity contribution in [2.24, 2.45) is 16.6 Å². The molecular weight excluding hydrogens is 246 g/mol. The van der Waals surface area contributed by atoms with E-state index in [1.54, 1.807) is 0 Å². The Kier molecular flexibility index (Phi) is 4.52. The van der Waals surface area contributed by atoms with Crippen LogP contribution in [-0.4, -0.2) is 34.4 Å². The first kappa shape index (κ1) is 13.3. The first-order valence-electron chi connectivity index (χ1n) is 6.38. The lowest BCUT2D eigenvalue weighted by atomic mass is 10.2. The predicted octanol–water partition coefficient (Wildman–Crippen LogP) is 1.09. The third-order valence-electron chi connectivity index (χ3n) is 2.67. The zero-order valence-electron chi connectivity index (χ0n) is 11.0. The topological polar surface area (TPSA) is 68.2 Å². The summed E-state index contributed by atoms with van der Waals surface area (Å²) in [4.78, 5) is 8.83. The summed E-state index contributed by atoms with van der Waals surface area (Å²) >= 11 is 1.82. The van der Waals surface area contributed by atoms with Crippen molar-refractivity contribution in [2.75, 3.05) is 18.8 Å². The maximum atomic E-state index is 5.77. The molecular formula is C12H21N5S. The molecule has 0 radical (unpaired) electrons. The number of aromatic nitrogens is 2. The number of fused-ring (bicyclic) bond motifs is 1. The lowest BCUT2D eigenvalue weighted by Crippen LogP contribution is -2.33. The van der Waals surface area contributed by atoms with Gasteiger partial charge in [-0.25, -0.2) is 4.98 Å². The number of nitrogens with one attached hydrogen (secondary N) is 1. The molecule has 2 rings (SSSR count). The van der Waals surface area contributed by atoms with Gasteiger partial charge >= 0.3 is 0 Å². The minimum Gasteiger partial charge on any atom is -0.370 e. The average molecular weight is 267 g/mol. The summed E-state index contributed by atoms with van der Waals surface area (Å²) in [5.41, 5.74) is 6.89. The lowest BCUT2D eigenvalue weighted by molar-refractivity contribution is 0.661. The minimum absolute atomic E-state index is 0.532. The highest BCUT2D eigenvalue weighted by molar-refractivity contribution is 7.99. The lowest BCUT2D eigenvalue weighted by Gasteiger charge is -2.05. The number of imidazole rings is 1. The molecule has 0 bridgehead atoms. The molecule has 2 heterocycles. The van der Waals surface area contributed by atoms with Crippen LogP contribution in [0.3, 0.4) is 0 Å². The molecule has 18 heavy (non-hydrogen) atoms. The molecule has 0 fully saturated rings. The maximum Gasteiger partial charge on any atom is 0.188 e. The fourth-order valence-corrected chi connectivity index (χ4v) is 2.70. The third kappa shape index (κ3) is 3.66. The van der Waals surface area contributed by atoms with E-state index >= 15 is 0 Å². The summed E-state index contributed by atoms with van der Waals surface area (Å²) in [6.07, 6.45) is 3.02. The molecule has 0 spiro atoms. The number of nitrogens with two attached hydrogens (primary N) is 1. The highest BCUT2D eigenvalue weighted by Crippen LogP contribution is 2.24. The van der Waals surface area contributed by atoms with Crippen molar-refractivity contribution in [3.63, 3.8) is 0 Å². The van der Waals surface area contributed by atoms with Gasteiger partial charge in [0, 0.05) is 38.0 Å². The van der Waals surface area contributed by atoms with E-state index in [-0.39, 0.29) is 0 Å². The molecule has 6 heteroatoms. The second-order valence-corrected chi connectivity index (χ2v) is 5.92. The average Bonchev–Trinajstić information content (AvgIpc) is 2.86. The van der Waals surface area contributed by atoms with Crippen molar-refractivity contribution in [1.29, 1.82) is 0 Å². The first-order valence-corrected chi connectivity index (χ1v) is 7.36. The Morgan fingerprint density at radius 2 is 2.50 bits per heavy atom. The van der Waals surface area contributed by atoms with Gasteiger partial charge in [0.15, 0.2) is 11.1 Å². The Bertz CT molecular complexity index is 403. The molecule has 1 aromatic rings. The minimum atomic E-state index is 0.532. The van der Waals surface area contributed by atoms with Gasteiger partial charge < -0.3 is 15.6 Å². The summed E-state index contributed by atoms with van der Waals surface area (Å²) in [6.45, 7) is 6.89. The number of nitrogens with zero attached hydrogens (tertiary/aromatic N) is 3.